The van der Waals surface area contributed by atoms with Gasteiger partial charge in [0, 0.05) is 27.9 Å². The average Bonchev–Trinajstić information content (AvgIpc) is 3.43. The summed E-state index contributed by atoms with van der Waals surface area (Å²) in [6.45, 7) is 9.68. The maximum atomic E-state index is 15.0. The first-order valence-electron chi connectivity index (χ1n) is 14.2. The largest absolute Gasteiger partial charge is 0.493 e. The van der Waals surface area contributed by atoms with E-state index in [1.807, 2.05) is 71.0 Å². The second-order valence-corrected chi connectivity index (χ2v) is 12.6. The van der Waals surface area contributed by atoms with Gasteiger partial charge in [0.15, 0.2) is 23.1 Å². The zero-order valence-electron chi connectivity index (χ0n) is 25.1. The molecule has 6 rings (SSSR count). The number of fused-ring (bicyclic) bond motifs is 6. The van der Waals surface area contributed by atoms with Crippen LogP contribution < -0.4 is 19.7 Å². The topological polar surface area (TPSA) is 84.9 Å². The van der Waals surface area contributed by atoms with Gasteiger partial charge in [-0.1, -0.05) is 56.7 Å². The van der Waals surface area contributed by atoms with E-state index < -0.39 is 28.8 Å². The van der Waals surface area contributed by atoms with Crippen LogP contribution >= 0.6 is 0 Å². The molecule has 0 saturated carbocycles. The van der Waals surface area contributed by atoms with E-state index >= 15 is 0 Å². The molecule has 42 heavy (non-hydrogen) atoms. The third kappa shape index (κ3) is 3.75. The number of hydrogen-bond acceptors (Lipinski definition) is 6. The van der Waals surface area contributed by atoms with Crippen LogP contribution in [0.5, 0.6) is 11.5 Å². The molecule has 0 aromatic heterocycles. The Balaban J connectivity index is 1.69. The summed E-state index contributed by atoms with van der Waals surface area (Å²) in [6.07, 6.45) is 2.08. The molecule has 7 heteroatoms. The van der Waals surface area contributed by atoms with Gasteiger partial charge in [-0.15, -0.1) is 0 Å². The lowest BCUT2D eigenvalue weighted by atomic mass is 9.63. The Bertz CT molecular complexity index is 1680. The lowest BCUT2D eigenvalue weighted by Crippen LogP contribution is -2.51. The number of rotatable bonds is 5. The third-order valence-corrected chi connectivity index (χ3v) is 9.09. The van der Waals surface area contributed by atoms with Gasteiger partial charge in [-0.2, -0.15) is 0 Å². The van der Waals surface area contributed by atoms with E-state index in [1.165, 1.54) is 14.2 Å². The first-order chi connectivity index (χ1) is 19.9. The molecular formula is C35H36N2O5. The number of carbonyl (C=O) groups is 3. The van der Waals surface area contributed by atoms with Crippen LogP contribution in [0.2, 0.25) is 0 Å². The standard InChI is InChI=1S/C35H36N2O5/c1-19-12-14-25-22(16-19)20(2)17-28-35(23-10-8-9-11-24(23)36-33(35)40)29(30(37(25)28)32(39)34(3,4)5)31(38)21-13-15-26(41-6)27(18-21)42-7/h8-18,28-30H,1-7H3,(H,36,40)/t28-,29+,30-,35-/m1/s1. The summed E-state index contributed by atoms with van der Waals surface area (Å²) in [5.41, 5.74) is 3.56. The highest BCUT2D eigenvalue weighted by molar-refractivity contribution is 6.17. The van der Waals surface area contributed by atoms with Crippen LogP contribution in [-0.2, 0) is 15.0 Å². The third-order valence-electron chi connectivity index (χ3n) is 9.09. The number of nitrogens with one attached hydrogen (secondary N) is 1. The molecule has 0 radical (unpaired) electrons. The van der Waals surface area contributed by atoms with Gasteiger partial charge in [-0.05, 0) is 61.4 Å². The molecule has 3 heterocycles. The van der Waals surface area contributed by atoms with Gasteiger partial charge < -0.3 is 19.7 Å². The number of nitrogens with zero attached hydrogens (tertiary/aromatic N) is 1. The molecule has 1 N–H and O–H groups in total. The van der Waals surface area contributed by atoms with Gasteiger partial charge in [0.05, 0.1) is 26.2 Å². The SMILES string of the molecule is COc1ccc(C(=O)[C@@H]2[C@H](C(=O)C(C)(C)C)N3c4ccc(C)cc4C(C)=C[C@@H]3[C@@]23C(=O)Nc2ccccc23)cc1OC. The van der Waals surface area contributed by atoms with Crippen molar-refractivity contribution in [1.29, 1.82) is 0 Å². The normalized spacial score (nSPS) is 24.0. The number of hydrogen-bond donors (Lipinski definition) is 1. The Morgan fingerprint density at radius 2 is 1.64 bits per heavy atom. The van der Waals surface area contributed by atoms with Gasteiger partial charge in [0.25, 0.3) is 0 Å². The predicted molar refractivity (Wildman–Crippen MR) is 163 cm³/mol. The maximum Gasteiger partial charge on any atom is 0.238 e. The van der Waals surface area contributed by atoms with Gasteiger partial charge in [-0.3, -0.25) is 14.4 Å². The number of anilines is 2. The molecule has 3 aromatic carbocycles. The van der Waals surface area contributed by atoms with Crippen LogP contribution in [0.15, 0.2) is 66.7 Å². The number of allylic oxidation sites excluding steroid dienone is 1. The van der Waals surface area contributed by atoms with Crippen molar-refractivity contribution < 1.29 is 23.9 Å². The highest BCUT2D eigenvalue weighted by Gasteiger charge is 2.71. The van der Waals surface area contributed by atoms with Crippen molar-refractivity contribution in [2.75, 3.05) is 24.4 Å². The molecule has 0 unspecified atom stereocenters. The van der Waals surface area contributed by atoms with Crippen LogP contribution in [0.1, 0.15) is 54.7 Å². The Hall–Kier alpha value is -4.39. The van der Waals surface area contributed by atoms with Gasteiger partial charge in [0.1, 0.15) is 11.5 Å². The summed E-state index contributed by atoms with van der Waals surface area (Å²) >= 11 is 0. The Kier molecular flexibility index (Phi) is 6.33. The molecule has 3 aliphatic heterocycles. The van der Waals surface area contributed by atoms with Crippen molar-refractivity contribution in [3.8, 4) is 11.5 Å². The smallest absolute Gasteiger partial charge is 0.238 e. The fourth-order valence-corrected chi connectivity index (χ4v) is 7.16. The Morgan fingerprint density at radius 1 is 0.929 bits per heavy atom. The molecule has 0 aliphatic carbocycles. The molecule has 1 spiro atoms. The van der Waals surface area contributed by atoms with E-state index in [4.69, 9.17) is 9.47 Å². The molecule has 3 aromatic rings. The summed E-state index contributed by atoms with van der Waals surface area (Å²) in [6, 6.07) is 17.2. The number of amides is 1. The monoisotopic (exact) mass is 564 g/mol. The van der Waals surface area contributed by atoms with Crippen LogP contribution in [0.25, 0.3) is 5.57 Å². The van der Waals surface area contributed by atoms with E-state index in [-0.39, 0.29) is 17.5 Å². The summed E-state index contributed by atoms with van der Waals surface area (Å²) < 4.78 is 11.0. The number of aryl methyl sites for hydroxylation is 1. The van der Waals surface area contributed by atoms with Crippen LogP contribution in [0.4, 0.5) is 11.4 Å². The minimum Gasteiger partial charge on any atom is -0.493 e. The first-order valence-corrected chi connectivity index (χ1v) is 14.2. The van der Waals surface area contributed by atoms with Crippen LogP contribution in [-0.4, -0.2) is 43.8 Å². The number of Topliss-reactive ketones (excluding diaryl/α,β-unsaturated/α-hetero) is 2. The van der Waals surface area contributed by atoms with Crippen LogP contribution in [0.3, 0.4) is 0 Å². The molecule has 1 saturated heterocycles. The quantitative estimate of drug-likeness (QED) is 0.383. The van der Waals surface area contributed by atoms with Crippen molar-refractivity contribution in [3.63, 3.8) is 0 Å². The molecule has 0 bridgehead atoms. The van der Waals surface area contributed by atoms with Crippen molar-refractivity contribution in [2.24, 2.45) is 11.3 Å². The molecule has 3 aliphatic rings. The number of para-hydroxylation sites is 1. The maximum absolute atomic E-state index is 15.0. The van der Waals surface area contributed by atoms with Gasteiger partial charge in [0.2, 0.25) is 5.91 Å². The fourth-order valence-electron chi connectivity index (χ4n) is 7.16. The van der Waals surface area contributed by atoms with E-state index in [0.717, 1.165) is 28.0 Å². The highest BCUT2D eigenvalue weighted by Crippen LogP contribution is 2.59. The predicted octanol–water partition coefficient (Wildman–Crippen LogP) is 5.99. The average molecular weight is 565 g/mol. The molecule has 1 amide bonds. The van der Waals surface area contributed by atoms with Crippen molar-refractivity contribution in [3.05, 3.63) is 89.0 Å². The van der Waals surface area contributed by atoms with Crippen molar-refractivity contribution in [2.45, 2.75) is 52.1 Å². The van der Waals surface area contributed by atoms with E-state index in [1.54, 1.807) is 18.2 Å². The summed E-state index contributed by atoms with van der Waals surface area (Å²) in [4.78, 5) is 46.2. The highest BCUT2D eigenvalue weighted by atomic mass is 16.5. The number of ether oxygens (including phenoxy) is 2. The molecule has 7 nitrogen and oxygen atoms in total. The second kappa shape index (κ2) is 9.58. The zero-order valence-corrected chi connectivity index (χ0v) is 25.1. The minimum atomic E-state index is -1.35. The number of benzene rings is 3. The van der Waals surface area contributed by atoms with Gasteiger partial charge >= 0.3 is 0 Å². The zero-order chi connectivity index (χ0) is 30.1. The van der Waals surface area contributed by atoms with Crippen molar-refractivity contribution >= 4 is 34.4 Å². The Morgan fingerprint density at radius 3 is 2.33 bits per heavy atom. The second-order valence-electron chi connectivity index (χ2n) is 12.6. The number of methoxy groups -OCH3 is 2. The lowest BCUT2D eigenvalue weighted by Gasteiger charge is -2.40. The Labute approximate surface area is 246 Å². The minimum absolute atomic E-state index is 0.0974. The summed E-state index contributed by atoms with van der Waals surface area (Å²) in [5, 5.41) is 3.08. The summed E-state index contributed by atoms with van der Waals surface area (Å²) in [7, 11) is 3.05. The molecular weight excluding hydrogens is 528 g/mol. The fraction of sp³-hybridized carbons (Fsp3) is 0.343. The number of ketones is 2. The van der Waals surface area contributed by atoms with Crippen molar-refractivity contribution in [1.82, 2.24) is 0 Å². The van der Waals surface area contributed by atoms with E-state index in [9.17, 15) is 14.4 Å². The lowest BCUT2D eigenvalue weighted by molar-refractivity contribution is -0.128. The molecule has 216 valence electrons. The number of carbonyl (C=O) groups excluding carboxylic acids is 3. The van der Waals surface area contributed by atoms with Crippen LogP contribution in [0, 0.1) is 18.3 Å². The molecule has 4 atom stereocenters. The van der Waals surface area contributed by atoms with Gasteiger partial charge in [-0.25, -0.2) is 0 Å². The first kappa shape index (κ1) is 27.8. The molecule has 1 fully saturated rings. The summed E-state index contributed by atoms with van der Waals surface area (Å²) in [5.74, 6) is -0.797. The van der Waals surface area contributed by atoms with E-state index in [2.05, 4.69) is 22.4 Å². The van der Waals surface area contributed by atoms with E-state index in [0.29, 0.717) is 22.7 Å².